The Balaban J connectivity index is 3.08. The normalized spacial score (nSPS) is 12.1. The first-order valence-electron chi connectivity index (χ1n) is 3.32. The molecule has 1 rings (SSSR count). The molecule has 0 fully saturated rings. The molecule has 1 heterocycles. The fourth-order valence-electron chi connectivity index (χ4n) is 0.747. The van der Waals surface area contributed by atoms with Crippen molar-refractivity contribution in [3.05, 3.63) is 17.5 Å². The van der Waals surface area contributed by atoms with Crippen molar-refractivity contribution in [3.8, 4) is 0 Å². The van der Waals surface area contributed by atoms with Gasteiger partial charge in [-0.1, -0.05) is 0 Å². The highest BCUT2D eigenvalue weighted by Crippen LogP contribution is 2.19. The number of hydrogen-bond donors (Lipinski definition) is 0. The Bertz CT molecular complexity index is 240. The Morgan fingerprint density at radius 3 is 2.18 bits per heavy atom. The van der Waals surface area contributed by atoms with Crippen LogP contribution < -0.4 is 0 Å². The van der Waals surface area contributed by atoms with E-state index in [2.05, 4.69) is 5.10 Å². The van der Waals surface area contributed by atoms with Crippen LogP contribution in [0.2, 0.25) is 0 Å². The molecule has 11 heavy (non-hydrogen) atoms. The molecule has 0 aliphatic heterocycles. The molecule has 0 atom stereocenters. The second-order valence-electron chi connectivity index (χ2n) is 2.68. The minimum Gasteiger partial charge on any atom is -0.209 e. The second-order valence-corrected chi connectivity index (χ2v) is 2.68. The zero-order valence-electron chi connectivity index (χ0n) is 6.73. The summed E-state index contributed by atoms with van der Waals surface area (Å²) in [4.78, 5) is 0. The summed E-state index contributed by atoms with van der Waals surface area (Å²) in [6.07, 6.45) is 1.34. The van der Waals surface area contributed by atoms with E-state index < -0.39 is 6.05 Å². The van der Waals surface area contributed by atoms with Crippen molar-refractivity contribution in [1.82, 2.24) is 9.78 Å². The summed E-state index contributed by atoms with van der Waals surface area (Å²) in [5, 5.41) is 3.65. The van der Waals surface area contributed by atoms with Crippen molar-refractivity contribution >= 4 is 0 Å². The minimum absolute atomic E-state index is 0.645. The van der Waals surface area contributed by atoms with Crippen molar-refractivity contribution in [2.75, 3.05) is 0 Å². The molecule has 0 bridgehead atoms. The van der Waals surface area contributed by atoms with Gasteiger partial charge in [-0.2, -0.15) is 13.9 Å². The summed E-state index contributed by atoms with van der Waals surface area (Å²) in [6.45, 7) is 4.28. The number of rotatable bonds is 1. The van der Waals surface area contributed by atoms with Gasteiger partial charge in [-0.25, -0.2) is 4.68 Å². The van der Waals surface area contributed by atoms with Crippen LogP contribution in [-0.2, 0) is 6.05 Å². The van der Waals surface area contributed by atoms with Crippen molar-refractivity contribution < 1.29 is 8.78 Å². The monoisotopic (exact) mass is 160 g/mol. The van der Waals surface area contributed by atoms with E-state index in [4.69, 9.17) is 0 Å². The summed E-state index contributed by atoms with van der Waals surface area (Å²) in [5.74, 6) is 0. The minimum atomic E-state index is -2.89. The van der Waals surface area contributed by atoms with Crippen LogP contribution in [0, 0.1) is 13.8 Å². The maximum absolute atomic E-state index is 12.5. The van der Waals surface area contributed by atoms with Crippen LogP contribution in [0.4, 0.5) is 8.78 Å². The molecule has 0 spiro atoms. The van der Waals surface area contributed by atoms with Crippen LogP contribution in [0.1, 0.15) is 18.2 Å². The summed E-state index contributed by atoms with van der Waals surface area (Å²) >= 11 is 0. The molecule has 0 saturated carbocycles. The fourth-order valence-corrected chi connectivity index (χ4v) is 0.747. The van der Waals surface area contributed by atoms with Crippen molar-refractivity contribution in [2.45, 2.75) is 26.8 Å². The number of aryl methyl sites for hydroxylation is 2. The van der Waals surface area contributed by atoms with E-state index in [-0.39, 0.29) is 0 Å². The topological polar surface area (TPSA) is 17.8 Å². The molecular weight excluding hydrogens is 150 g/mol. The maximum atomic E-state index is 12.5. The summed E-state index contributed by atoms with van der Waals surface area (Å²) < 4.78 is 25.8. The number of aromatic nitrogens is 2. The van der Waals surface area contributed by atoms with Gasteiger partial charge in [0.15, 0.2) is 0 Å². The van der Waals surface area contributed by atoms with Crippen LogP contribution in [0.3, 0.4) is 0 Å². The third-order valence-corrected chi connectivity index (χ3v) is 1.55. The zero-order chi connectivity index (χ0) is 8.65. The van der Waals surface area contributed by atoms with Gasteiger partial charge in [0.25, 0.3) is 0 Å². The maximum Gasteiger partial charge on any atom is 0.340 e. The van der Waals surface area contributed by atoms with Crippen molar-refractivity contribution in [2.24, 2.45) is 0 Å². The van der Waals surface area contributed by atoms with Crippen molar-refractivity contribution in [3.63, 3.8) is 0 Å². The van der Waals surface area contributed by atoms with Gasteiger partial charge in [0.1, 0.15) is 0 Å². The van der Waals surface area contributed by atoms with Gasteiger partial charge in [0.05, 0.1) is 5.69 Å². The van der Waals surface area contributed by atoms with E-state index in [1.54, 1.807) is 13.8 Å². The average Bonchev–Trinajstić information content (AvgIpc) is 2.11. The molecule has 0 amide bonds. The first-order valence-corrected chi connectivity index (χ1v) is 3.32. The van der Waals surface area contributed by atoms with Gasteiger partial charge >= 0.3 is 6.05 Å². The molecule has 0 saturated heterocycles. The van der Waals surface area contributed by atoms with Crippen LogP contribution in [0.25, 0.3) is 0 Å². The fraction of sp³-hybridized carbons (Fsp3) is 0.571. The van der Waals surface area contributed by atoms with Crippen molar-refractivity contribution in [1.29, 1.82) is 0 Å². The van der Waals surface area contributed by atoms with Gasteiger partial charge in [-0.15, -0.1) is 0 Å². The molecule has 4 heteroatoms. The van der Waals surface area contributed by atoms with E-state index in [0.29, 0.717) is 10.4 Å². The van der Waals surface area contributed by atoms with Crippen LogP contribution in [0.15, 0.2) is 6.20 Å². The lowest BCUT2D eigenvalue weighted by atomic mass is 10.3. The lowest BCUT2D eigenvalue weighted by molar-refractivity contribution is -0.0725. The lowest BCUT2D eigenvalue weighted by Gasteiger charge is -2.08. The van der Waals surface area contributed by atoms with Gasteiger partial charge < -0.3 is 0 Å². The number of hydrogen-bond acceptors (Lipinski definition) is 1. The van der Waals surface area contributed by atoms with Gasteiger partial charge in [-0.3, -0.25) is 0 Å². The van der Waals surface area contributed by atoms with E-state index in [0.717, 1.165) is 12.5 Å². The highest BCUT2D eigenvalue weighted by Gasteiger charge is 2.24. The summed E-state index contributed by atoms with van der Waals surface area (Å²) in [6, 6.07) is -2.89. The molecule has 0 unspecified atom stereocenters. The van der Waals surface area contributed by atoms with E-state index >= 15 is 0 Å². The lowest BCUT2D eigenvalue weighted by Crippen LogP contribution is -2.18. The molecule has 0 N–H and O–H groups in total. The number of alkyl halides is 2. The quantitative estimate of drug-likeness (QED) is 0.615. The Labute approximate surface area is 63.8 Å². The van der Waals surface area contributed by atoms with Crippen LogP contribution in [-0.4, -0.2) is 9.78 Å². The van der Waals surface area contributed by atoms with E-state index in [1.165, 1.54) is 6.20 Å². The molecule has 0 aliphatic rings. The first-order chi connectivity index (χ1) is 4.91. The second kappa shape index (κ2) is 2.29. The molecule has 62 valence electrons. The molecule has 0 radical (unpaired) electrons. The number of halogens is 2. The molecule has 0 aromatic carbocycles. The molecule has 1 aromatic heterocycles. The zero-order valence-corrected chi connectivity index (χ0v) is 6.73. The Morgan fingerprint density at radius 1 is 1.45 bits per heavy atom. The predicted molar refractivity (Wildman–Crippen MR) is 37.6 cm³/mol. The van der Waals surface area contributed by atoms with Gasteiger partial charge in [0, 0.05) is 13.1 Å². The Hall–Kier alpha value is -0.930. The third-order valence-electron chi connectivity index (χ3n) is 1.55. The Kier molecular flexibility index (Phi) is 1.70. The SMILES string of the molecule is Cc1cn(C(C)(F)F)nc1C. The highest BCUT2D eigenvalue weighted by atomic mass is 19.3. The van der Waals surface area contributed by atoms with Crippen LogP contribution in [0.5, 0.6) is 0 Å². The Morgan fingerprint density at radius 2 is 2.00 bits per heavy atom. The van der Waals surface area contributed by atoms with Gasteiger partial charge in [0.2, 0.25) is 0 Å². The smallest absolute Gasteiger partial charge is 0.209 e. The molecule has 2 nitrogen and oxygen atoms in total. The summed E-state index contributed by atoms with van der Waals surface area (Å²) in [7, 11) is 0. The third kappa shape index (κ3) is 1.56. The summed E-state index contributed by atoms with van der Waals surface area (Å²) in [5.41, 5.74) is 1.43. The largest absolute Gasteiger partial charge is 0.340 e. The molecule has 1 aromatic rings. The van der Waals surface area contributed by atoms with E-state index in [9.17, 15) is 8.78 Å². The average molecular weight is 160 g/mol. The standard InChI is InChI=1S/C7H10F2N2/c1-5-4-11(7(3,8)9)10-6(5)2/h4H,1-3H3. The molecular formula is C7H10F2N2. The van der Waals surface area contributed by atoms with E-state index in [1.807, 2.05) is 0 Å². The highest BCUT2D eigenvalue weighted by molar-refractivity contribution is 5.12. The molecule has 0 aliphatic carbocycles. The number of nitrogens with zero attached hydrogens (tertiary/aromatic N) is 2. The first kappa shape index (κ1) is 8.17. The van der Waals surface area contributed by atoms with Gasteiger partial charge in [-0.05, 0) is 19.4 Å². The van der Waals surface area contributed by atoms with Crippen LogP contribution >= 0.6 is 0 Å². The predicted octanol–water partition coefficient (Wildman–Crippen LogP) is 2.07.